The number of carbonyl (C=O) groups excluding carboxylic acids is 1. The van der Waals surface area contributed by atoms with Crippen LogP contribution in [-0.4, -0.2) is 67.8 Å². The van der Waals surface area contributed by atoms with E-state index in [2.05, 4.69) is 48.6 Å². The lowest BCUT2D eigenvalue weighted by molar-refractivity contribution is 0.157. The Morgan fingerprint density at radius 3 is 2.97 bits per heavy atom. The molecule has 5 heterocycles. The molecule has 0 radical (unpaired) electrons. The molecule has 5 rings (SSSR count). The maximum atomic E-state index is 11.7. The second-order valence-electron chi connectivity index (χ2n) is 7.54. The number of imidazole rings is 1. The zero-order chi connectivity index (χ0) is 20.0. The summed E-state index contributed by atoms with van der Waals surface area (Å²) < 4.78 is 7.24. The van der Waals surface area contributed by atoms with E-state index in [0.717, 1.165) is 11.0 Å². The molecular formula is C19H22N8O2. The van der Waals surface area contributed by atoms with Crippen LogP contribution in [-0.2, 0) is 4.74 Å². The van der Waals surface area contributed by atoms with Gasteiger partial charge in [0.05, 0.1) is 24.1 Å². The lowest BCUT2D eigenvalue weighted by atomic mass is 10.2. The lowest BCUT2D eigenvalue weighted by Gasteiger charge is -2.35. The van der Waals surface area contributed by atoms with Gasteiger partial charge in [-0.2, -0.15) is 4.98 Å². The van der Waals surface area contributed by atoms with Crippen LogP contribution in [0.5, 0.6) is 0 Å². The van der Waals surface area contributed by atoms with Gasteiger partial charge in [0.1, 0.15) is 23.8 Å². The van der Waals surface area contributed by atoms with Gasteiger partial charge in [-0.3, -0.25) is 4.90 Å². The molecule has 1 atom stereocenters. The van der Waals surface area contributed by atoms with E-state index in [1.54, 1.807) is 17.3 Å². The number of aromatic nitrogens is 5. The Morgan fingerprint density at radius 2 is 2.10 bits per heavy atom. The predicted molar refractivity (Wildman–Crippen MR) is 107 cm³/mol. The highest BCUT2D eigenvalue weighted by Crippen LogP contribution is 2.24. The first-order valence-electron chi connectivity index (χ1n) is 9.69. The number of nitrogens with zero attached hydrogens (tertiary/aromatic N) is 7. The van der Waals surface area contributed by atoms with E-state index in [0.29, 0.717) is 49.9 Å². The highest BCUT2D eigenvalue weighted by Gasteiger charge is 2.38. The average Bonchev–Trinajstić information content (AvgIpc) is 3.31. The summed E-state index contributed by atoms with van der Waals surface area (Å²) in [5.74, 6) is 1.99. The van der Waals surface area contributed by atoms with E-state index in [-0.39, 0.29) is 12.1 Å². The molecule has 3 aromatic rings. The maximum Gasteiger partial charge on any atom is 0.410 e. The number of fused-ring (bicyclic) bond motifs is 2. The summed E-state index contributed by atoms with van der Waals surface area (Å²) in [6.07, 6.45) is 5.09. The van der Waals surface area contributed by atoms with Crippen LogP contribution in [0, 0.1) is 0 Å². The Morgan fingerprint density at radius 1 is 1.21 bits per heavy atom. The zero-order valence-electron chi connectivity index (χ0n) is 16.3. The number of amides is 1. The van der Waals surface area contributed by atoms with Gasteiger partial charge >= 0.3 is 6.09 Å². The van der Waals surface area contributed by atoms with Crippen LogP contribution in [0.4, 0.5) is 22.4 Å². The summed E-state index contributed by atoms with van der Waals surface area (Å²) in [4.78, 5) is 33.4. The fourth-order valence-electron chi connectivity index (χ4n) is 3.78. The van der Waals surface area contributed by atoms with Crippen LogP contribution in [0.1, 0.15) is 19.9 Å². The maximum absolute atomic E-state index is 11.7. The van der Waals surface area contributed by atoms with Gasteiger partial charge in [-0.25, -0.2) is 19.7 Å². The molecule has 2 fully saturated rings. The highest BCUT2D eigenvalue weighted by molar-refractivity contribution is 5.78. The molecule has 2 aliphatic heterocycles. The third-order valence-electron chi connectivity index (χ3n) is 5.32. The van der Waals surface area contributed by atoms with Gasteiger partial charge in [0.25, 0.3) is 0 Å². The Hall–Kier alpha value is -3.43. The van der Waals surface area contributed by atoms with Gasteiger partial charge < -0.3 is 19.5 Å². The second-order valence-corrected chi connectivity index (χ2v) is 7.54. The van der Waals surface area contributed by atoms with E-state index < -0.39 is 0 Å². The number of pyridine rings is 1. The number of hydrogen-bond acceptors (Lipinski definition) is 8. The smallest absolute Gasteiger partial charge is 0.410 e. The number of nitrogens with one attached hydrogen (secondary N) is 1. The number of cyclic esters (lactones) is 1. The molecule has 1 unspecified atom stereocenters. The fourth-order valence-corrected chi connectivity index (χ4v) is 3.78. The first-order chi connectivity index (χ1) is 14.1. The van der Waals surface area contributed by atoms with E-state index in [1.807, 2.05) is 18.5 Å². The van der Waals surface area contributed by atoms with Crippen molar-refractivity contribution in [2.24, 2.45) is 0 Å². The molecule has 10 nitrogen and oxygen atoms in total. The highest BCUT2D eigenvalue weighted by atomic mass is 16.6. The molecule has 1 N–H and O–H groups in total. The summed E-state index contributed by atoms with van der Waals surface area (Å²) >= 11 is 0. The van der Waals surface area contributed by atoms with Crippen LogP contribution >= 0.6 is 0 Å². The van der Waals surface area contributed by atoms with Gasteiger partial charge in [0.15, 0.2) is 0 Å². The van der Waals surface area contributed by atoms with E-state index >= 15 is 0 Å². The summed E-state index contributed by atoms with van der Waals surface area (Å²) in [6.45, 7) is 6.60. The van der Waals surface area contributed by atoms with Crippen molar-refractivity contribution in [2.45, 2.75) is 25.9 Å². The predicted octanol–water partition coefficient (Wildman–Crippen LogP) is 2.19. The standard InChI is InChI=1S/C19H22N8O2/c1-12(2)27-11-22-14-8-21-17(7-15(14)27)23-16-3-4-20-18(24-16)25-5-6-26-13(9-25)10-29-19(26)28/h3-4,7-8,11-13H,5-6,9-10H2,1-2H3,(H,20,21,23,24). The largest absolute Gasteiger partial charge is 0.447 e. The van der Waals surface area contributed by atoms with Gasteiger partial charge in [-0.15, -0.1) is 0 Å². The third kappa shape index (κ3) is 3.20. The monoisotopic (exact) mass is 394 g/mol. The molecule has 2 saturated heterocycles. The molecular weight excluding hydrogens is 372 g/mol. The molecule has 0 aromatic carbocycles. The van der Waals surface area contributed by atoms with Crippen molar-refractivity contribution in [1.82, 2.24) is 29.4 Å². The third-order valence-corrected chi connectivity index (χ3v) is 5.32. The van der Waals surface area contributed by atoms with Crippen molar-refractivity contribution >= 4 is 34.7 Å². The summed E-state index contributed by atoms with van der Waals surface area (Å²) in [5.41, 5.74) is 1.88. The second kappa shape index (κ2) is 6.87. The summed E-state index contributed by atoms with van der Waals surface area (Å²) in [5, 5.41) is 3.27. The van der Waals surface area contributed by atoms with Crippen LogP contribution in [0.25, 0.3) is 11.0 Å². The van der Waals surface area contributed by atoms with Crippen molar-refractivity contribution in [1.29, 1.82) is 0 Å². The van der Waals surface area contributed by atoms with Crippen molar-refractivity contribution in [3.63, 3.8) is 0 Å². The number of hydrogen-bond donors (Lipinski definition) is 1. The van der Waals surface area contributed by atoms with E-state index in [4.69, 9.17) is 4.74 Å². The first-order valence-corrected chi connectivity index (χ1v) is 9.69. The number of anilines is 3. The lowest BCUT2D eigenvalue weighted by Crippen LogP contribution is -2.52. The SMILES string of the molecule is CC(C)n1cnc2cnc(Nc3ccnc(N4CCN5C(=O)OCC5C4)n3)cc21. The molecule has 150 valence electrons. The molecule has 0 aliphatic carbocycles. The van der Waals surface area contributed by atoms with Crippen LogP contribution in [0.15, 0.2) is 30.9 Å². The van der Waals surface area contributed by atoms with Crippen molar-refractivity contribution < 1.29 is 9.53 Å². The van der Waals surface area contributed by atoms with E-state index in [9.17, 15) is 4.79 Å². The summed E-state index contributed by atoms with van der Waals surface area (Å²) in [7, 11) is 0. The Balaban J connectivity index is 1.36. The summed E-state index contributed by atoms with van der Waals surface area (Å²) in [6, 6.07) is 4.15. The molecule has 3 aromatic heterocycles. The topological polar surface area (TPSA) is 101 Å². The van der Waals surface area contributed by atoms with Gasteiger partial charge in [0, 0.05) is 37.9 Å². The van der Waals surface area contributed by atoms with E-state index in [1.165, 1.54) is 0 Å². The number of piperazine rings is 1. The molecule has 0 saturated carbocycles. The normalized spacial score (nSPS) is 19.0. The quantitative estimate of drug-likeness (QED) is 0.719. The Bertz CT molecular complexity index is 1070. The molecule has 0 spiro atoms. The molecule has 10 heteroatoms. The van der Waals surface area contributed by atoms with Crippen molar-refractivity contribution in [3.05, 3.63) is 30.9 Å². The first kappa shape index (κ1) is 17.7. The number of rotatable bonds is 4. The minimum absolute atomic E-state index is 0.0526. The Kier molecular flexibility index (Phi) is 4.18. The molecule has 2 aliphatic rings. The van der Waals surface area contributed by atoms with Gasteiger partial charge in [-0.05, 0) is 19.9 Å². The van der Waals surface area contributed by atoms with Crippen LogP contribution in [0.2, 0.25) is 0 Å². The minimum atomic E-state index is -0.229. The van der Waals surface area contributed by atoms with Crippen LogP contribution < -0.4 is 10.2 Å². The molecule has 0 bridgehead atoms. The molecule has 29 heavy (non-hydrogen) atoms. The van der Waals surface area contributed by atoms with Crippen LogP contribution in [0.3, 0.4) is 0 Å². The number of ether oxygens (including phenoxy) is 1. The van der Waals surface area contributed by atoms with Crippen molar-refractivity contribution in [2.75, 3.05) is 36.5 Å². The molecule has 1 amide bonds. The minimum Gasteiger partial charge on any atom is -0.447 e. The van der Waals surface area contributed by atoms with Gasteiger partial charge in [0.2, 0.25) is 5.95 Å². The van der Waals surface area contributed by atoms with Gasteiger partial charge in [-0.1, -0.05) is 0 Å². The van der Waals surface area contributed by atoms with Crippen molar-refractivity contribution in [3.8, 4) is 0 Å². The Labute approximate surface area is 167 Å². The number of carbonyl (C=O) groups is 1. The average molecular weight is 394 g/mol. The fraction of sp³-hybridized carbons (Fsp3) is 0.421. The zero-order valence-corrected chi connectivity index (χ0v) is 16.3.